The van der Waals surface area contributed by atoms with E-state index in [0.717, 1.165) is 25.7 Å². The van der Waals surface area contributed by atoms with Gasteiger partial charge in [-0.05, 0) is 49.7 Å². The number of esters is 1. The molecule has 5 heteroatoms. The van der Waals surface area contributed by atoms with Crippen LogP contribution in [-0.4, -0.2) is 42.4 Å². The molecule has 6 rings (SSSR count). The summed E-state index contributed by atoms with van der Waals surface area (Å²) in [4.78, 5) is 12.9. The summed E-state index contributed by atoms with van der Waals surface area (Å²) < 4.78 is 5.22. The van der Waals surface area contributed by atoms with E-state index in [1.165, 1.54) is 31.2 Å². The number of carbonyl (C=O) groups is 1. The third kappa shape index (κ3) is 1.27. The lowest BCUT2D eigenvalue weighted by Gasteiger charge is -2.56. The molecule has 6 aliphatic rings. The van der Waals surface area contributed by atoms with Crippen LogP contribution in [0.4, 0.5) is 0 Å². The Morgan fingerprint density at radius 1 is 1.38 bits per heavy atom. The van der Waals surface area contributed by atoms with Crippen molar-refractivity contribution in [2.24, 2.45) is 22.7 Å². The van der Waals surface area contributed by atoms with E-state index in [1.54, 1.807) is 0 Å². The monoisotopic (exact) mass is 356 g/mol. The zero-order valence-electron chi connectivity index (χ0n) is 15.7. The largest absolute Gasteiger partial charge is 0.632 e. The number of hydrogen-bond donors (Lipinski definition) is 1. The standard InChI is InChI=1S/C21H28N2O3/c1-13-19-8-5-10-23(25)11-9-20(18(19)23)14-6-3-4-7-16(14)22-21(13,20)15(12-19)17(24)26-2/h5,8,13,15,18,22H,3-4,6-7,9-12H2,1-2H3/t13?,15-,18-,19-,20+,21+,23?/m0/s1. The molecular formula is C21H28N2O3. The molecule has 0 amide bonds. The molecule has 140 valence electrons. The van der Waals surface area contributed by atoms with E-state index in [4.69, 9.17) is 4.74 Å². The average Bonchev–Trinajstić information content (AvgIpc) is 3.27. The van der Waals surface area contributed by atoms with Gasteiger partial charge in [-0.25, -0.2) is 0 Å². The molecule has 2 unspecified atom stereocenters. The van der Waals surface area contributed by atoms with Gasteiger partial charge in [0.1, 0.15) is 6.04 Å². The Balaban J connectivity index is 1.66. The van der Waals surface area contributed by atoms with Crippen molar-refractivity contribution in [2.75, 3.05) is 20.2 Å². The van der Waals surface area contributed by atoms with Gasteiger partial charge < -0.3 is 19.9 Å². The van der Waals surface area contributed by atoms with Gasteiger partial charge in [0, 0.05) is 17.5 Å². The van der Waals surface area contributed by atoms with Crippen molar-refractivity contribution in [2.45, 2.75) is 57.0 Å². The van der Waals surface area contributed by atoms with Crippen LogP contribution >= 0.6 is 0 Å². The number of allylic oxidation sites excluding steroid dienone is 1. The summed E-state index contributed by atoms with van der Waals surface area (Å²) >= 11 is 0. The van der Waals surface area contributed by atoms with Crippen molar-refractivity contribution in [3.8, 4) is 0 Å². The lowest BCUT2D eigenvalue weighted by atomic mass is 9.55. The van der Waals surface area contributed by atoms with Crippen LogP contribution in [0.2, 0.25) is 0 Å². The summed E-state index contributed by atoms with van der Waals surface area (Å²) in [6.45, 7) is 3.59. The zero-order valence-corrected chi connectivity index (χ0v) is 15.7. The first-order valence-electron chi connectivity index (χ1n) is 10.3. The van der Waals surface area contributed by atoms with Gasteiger partial charge in [0.05, 0.1) is 37.1 Å². The number of methoxy groups -OCH3 is 1. The molecule has 1 saturated heterocycles. The fourth-order valence-corrected chi connectivity index (χ4v) is 8.85. The fraction of sp³-hybridized carbons (Fsp3) is 0.762. The van der Waals surface area contributed by atoms with Crippen LogP contribution in [0.15, 0.2) is 23.4 Å². The Kier molecular flexibility index (Phi) is 2.65. The third-order valence-electron chi connectivity index (χ3n) is 9.36. The summed E-state index contributed by atoms with van der Waals surface area (Å²) in [5, 5.41) is 17.9. The van der Waals surface area contributed by atoms with Crippen molar-refractivity contribution in [1.29, 1.82) is 0 Å². The maximum atomic E-state index is 13.9. The van der Waals surface area contributed by atoms with Gasteiger partial charge in [-0.15, -0.1) is 0 Å². The molecule has 1 N–H and O–H groups in total. The van der Waals surface area contributed by atoms with E-state index < -0.39 is 0 Å². The first kappa shape index (κ1) is 15.7. The van der Waals surface area contributed by atoms with Crippen LogP contribution in [0, 0.1) is 27.9 Å². The highest BCUT2D eigenvalue weighted by Gasteiger charge is 2.89. The molecule has 2 bridgehead atoms. The van der Waals surface area contributed by atoms with Crippen molar-refractivity contribution in [3.63, 3.8) is 0 Å². The molecule has 3 fully saturated rings. The lowest BCUT2D eigenvalue weighted by Crippen LogP contribution is -2.66. The number of hydroxylamine groups is 3. The summed E-state index contributed by atoms with van der Waals surface area (Å²) in [7, 11) is 1.51. The first-order valence-corrected chi connectivity index (χ1v) is 10.3. The highest BCUT2D eigenvalue weighted by atomic mass is 16.6. The second-order valence-electron chi connectivity index (χ2n) is 9.66. The van der Waals surface area contributed by atoms with Crippen LogP contribution < -0.4 is 5.32 Å². The van der Waals surface area contributed by atoms with E-state index in [9.17, 15) is 10.0 Å². The van der Waals surface area contributed by atoms with Gasteiger partial charge in [0.15, 0.2) is 0 Å². The molecule has 3 aliphatic carbocycles. The van der Waals surface area contributed by atoms with E-state index in [0.29, 0.717) is 13.1 Å². The fourth-order valence-electron chi connectivity index (χ4n) is 8.85. The second-order valence-corrected chi connectivity index (χ2v) is 9.66. The smallest absolute Gasteiger partial charge is 0.311 e. The van der Waals surface area contributed by atoms with Gasteiger partial charge >= 0.3 is 5.97 Å². The van der Waals surface area contributed by atoms with Gasteiger partial charge in [-0.1, -0.05) is 13.0 Å². The Hall–Kier alpha value is -1.33. The summed E-state index contributed by atoms with van der Waals surface area (Å²) in [5.74, 6) is 0.0328. The molecule has 5 nitrogen and oxygen atoms in total. The molecule has 3 spiro atoms. The molecule has 0 radical (unpaired) electrons. The Bertz CT molecular complexity index is 790. The highest BCUT2D eigenvalue weighted by Crippen LogP contribution is 2.81. The van der Waals surface area contributed by atoms with Crippen molar-refractivity contribution in [1.82, 2.24) is 5.32 Å². The number of nitrogens with zero attached hydrogens (tertiary/aromatic N) is 1. The van der Waals surface area contributed by atoms with E-state index >= 15 is 0 Å². The predicted molar refractivity (Wildman–Crippen MR) is 96.4 cm³/mol. The summed E-state index contributed by atoms with van der Waals surface area (Å²) in [5.41, 5.74) is 2.25. The number of carbonyl (C=O) groups excluding carboxylic acids is 1. The molecule has 3 heterocycles. The number of nitrogens with one attached hydrogen (secondary N) is 1. The highest BCUT2D eigenvalue weighted by molar-refractivity contribution is 5.78. The maximum Gasteiger partial charge on any atom is 0.311 e. The van der Waals surface area contributed by atoms with Crippen LogP contribution in [-0.2, 0) is 9.53 Å². The number of hydrogen-bond acceptors (Lipinski definition) is 4. The first-order chi connectivity index (χ1) is 12.5. The van der Waals surface area contributed by atoms with Crippen LogP contribution in [0.5, 0.6) is 0 Å². The Morgan fingerprint density at radius 3 is 3.00 bits per heavy atom. The van der Waals surface area contributed by atoms with Crippen LogP contribution in [0.1, 0.15) is 45.4 Å². The Morgan fingerprint density at radius 2 is 2.19 bits per heavy atom. The number of rotatable bonds is 1. The normalized spacial score (nSPS) is 55.4. The molecule has 3 aliphatic heterocycles. The van der Waals surface area contributed by atoms with Crippen LogP contribution in [0.25, 0.3) is 0 Å². The maximum absolute atomic E-state index is 13.9. The Labute approximate surface area is 154 Å². The minimum Gasteiger partial charge on any atom is -0.632 e. The number of ether oxygens (including phenoxy) is 1. The SMILES string of the molecule is COC(=O)[C@@H]1C[C@@]23C=CC[N+]4([O-])CC[C@@]5(C6=C(CCCC6)N[C@]15C2C)[C@H]34. The van der Waals surface area contributed by atoms with Crippen molar-refractivity contribution < 1.29 is 14.2 Å². The second kappa shape index (κ2) is 4.39. The lowest BCUT2D eigenvalue weighted by molar-refractivity contribution is -0.899. The van der Waals surface area contributed by atoms with Crippen LogP contribution in [0.3, 0.4) is 0 Å². The van der Waals surface area contributed by atoms with Gasteiger partial charge in [0.25, 0.3) is 0 Å². The molecule has 26 heavy (non-hydrogen) atoms. The van der Waals surface area contributed by atoms with Crippen molar-refractivity contribution >= 4 is 5.97 Å². The number of quaternary nitrogens is 1. The third-order valence-corrected chi connectivity index (χ3v) is 9.36. The van der Waals surface area contributed by atoms with Gasteiger partial charge in [0.2, 0.25) is 0 Å². The average molecular weight is 356 g/mol. The van der Waals surface area contributed by atoms with Crippen molar-refractivity contribution in [3.05, 3.63) is 28.6 Å². The predicted octanol–water partition coefficient (Wildman–Crippen LogP) is 2.63. The van der Waals surface area contributed by atoms with E-state index in [1.807, 2.05) is 0 Å². The van der Waals surface area contributed by atoms with Gasteiger partial charge in [-0.2, -0.15) is 0 Å². The van der Waals surface area contributed by atoms with E-state index in [-0.39, 0.29) is 44.9 Å². The molecule has 0 aromatic heterocycles. The molecule has 0 aromatic rings. The molecular weight excluding hydrogens is 328 g/mol. The van der Waals surface area contributed by atoms with E-state index in [2.05, 4.69) is 24.4 Å². The zero-order chi connectivity index (χ0) is 17.9. The topological polar surface area (TPSA) is 61.4 Å². The quantitative estimate of drug-likeness (QED) is 0.340. The molecule has 0 aromatic carbocycles. The molecule has 2 saturated carbocycles. The molecule has 7 atom stereocenters. The summed E-state index contributed by atoms with van der Waals surface area (Å²) in [6.07, 6.45) is 10.7. The minimum absolute atomic E-state index is 0.0745. The van der Waals surface area contributed by atoms with Gasteiger partial charge in [-0.3, -0.25) is 4.79 Å². The minimum atomic E-state index is -0.321. The summed E-state index contributed by atoms with van der Waals surface area (Å²) in [6, 6.07) is 0.0778.